The summed E-state index contributed by atoms with van der Waals surface area (Å²) in [7, 11) is 0. The van der Waals surface area contributed by atoms with E-state index in [1.807, 2.05) is 17.5 Å². The average Bonchev–Trinajstić information content (AvgIpc) is 3.30. The Labute approximate surface area is 197 Å². The molecule has 0 aliphatic carbocycles. The normalized spacial score (nSPS) is 11.4. The molecule has 0 aliphatic heterocycles. The van der Waals surface area contributed by atoms with E-state index in [1.54, 1.807) is 55.5 Å². The third-order valence-electron chi connectivity index (χ3n) is 4.09. The van der Waals surface area contributed by atoms with Crippen LogP contribution in [-0.2, 0) is 4.79 Å². The minimum Gasteiger partial charge on any atom is -0.503 e. The molecule has 0 radical (unpaired) electrons. The summed E-state index contributed by atoms with van der Waals surface area (Å²) in [5, 5.41) is 18.5. The second-order valence-electron chi connectivity index (χ2n) is 6.38. The zero-order valence-corrected chi connectivity index (χ0v) is 19.4. The zero-order chi connectivity index (χ0) is 22.9. The number of thiophene rings is 1. The minimum atomic E-state index is -0.582. The number of hydrogen-bond donors (Lipinski definition) is 3. The molecule has 0 unspecified atom stereocenters. The third kappa shape index (κ3) is 6.29. The molecule has 2 aromatic carbocycles. The number of amides is 2. The van der Waals surface area contributed by atoms with Gasteiger partial charge >= 0.3 is 0 Å². The van der Waals surface area contributed by atoms with Crippen molar-refractivity contribution >= 4 is 51.4 Å². The minimum absolute atomic E-state index is 0.0159. The maximum atomic E-state index is 12.7. The number of phenols is 1. The lowest BCUT2D eigenvalue weighted by Gasteiger charge is -2.09. The molecular formula is C23H20BrN3O4S. The number of halogens is 1. The lowest BCUT2D eigenvalue weighted by molar-refractivity contribution is -0.117. The van der Waals surface area contributed by atoms with Crippen LogP contribution in [0.15, 0.2) is 75.2 Å². The number of hydrogen-bond acceptors (Lipinski definition) is 6. The zero-order valence-electron chi connectivity index (χ0n) is 17.0. The number of aromatic hydroxyl groups is 1. The SMILES string of the molecule is CCOc1cc(/C=N/NC(=O)C(=Cc2cccs2)NC(=O)c2ccccc2)cc(Br)c1O. The fourth-order valence-corrected chi connectivity index (χ4v) is 3.73. The molecule has 1 heterocycles. The number of nitrogens with one attached hydrogen (secondary N) is 2. The standard InChI is InChI=1S/C23H20BrN3O4S/c1-2-31-20-12-15(11-18(24)21(20)28)14-25-27-23(30)19(13-17-9-6-10-32-17)26-22(29)16-7-4-3-5-8-16/h3-14,28H,2H2,1H3,(H,26,29)(H,27,30)/b19-13?,25-14+. The fraction of sp³-hybridized carbons (Fsp3) is 0.0870. The van der Waals surface area contributed by atoms with Crippen LogP contribution in [0.2, 0.25) is 0 Å². The maximum absolute atomic E-state index is 12.7. The molecule has 2 amide bonds. The van der Waals surface area contributed by atoms with E-state index in [1.165, 1.54) is 17.6 Å². The van der Waals surface area contributed by atoms with Crippen molar-refractivity contribution in [3.63, 3.8) is 0 Å². The van der Waals surface area contributed by atoms with E-state index in [4.69, 9.17) is 4.74 Å². The molecule has 0 saturated heterocycles. The van der Waals surface area contributed by atoms with Gasteiger partial charge in [-0.15, -0.1) is 11.3 Å². The van der Waals surface area contributed by atoms with Crippen molar-refractivity contribution in [2.24, 2.45) is 5.10 Å². The summed E-state index contributed by atoms with van der Waals surface area (Å²) in [5.74, 6) is -0.709. The van der Waals surface area contributed by atoms with Gasteiger partial charge in [0.05, 0.1) is 17.3 Å². The van der Waals surface area contributed by atoms with Gasteiger partial charge in [-0.1, -0.05) is 24.3 Å². The van der Waals surface area contributed by atoms with Crippen LogP contribution in [-0.4, -0.2) is 29.7 Å². The van der Waals surface area contributed by atoms with Crippen molar-refractivity contribution in [1.29, 1.82) is 0 Å². The Kier molecular flexibility index (Phi) is 8.18. The van der Waals surface area contributed by atoms with Crippen molar-refractivity contribution in [2.75, 3.05) is 6.61 Å². The van der Waals surface area contributed by atoms with Gasteiger partial charge in [0.1, 0.15) is 5.70 Å². The highest BCUT2D eigenvalue weighted by atomic mass is 79.9. The van der Waals surface area contributed by atoms with Crippen LogP contribution in [0, 0.1) is 0 Å². The highest BCUT2D eigenvalue weighted by Gasteiger charge is 2.15. The van der Waals surface area contributed by atoms with Crippen molar-refractivity contribution in [3.05, 3.63) is 86.2 Å². The molecule has 9 heteroatoms. The summed E-state index contributed by atoms with van der Waals surface area (Å²) in [6.45, 7) is 2.19. The summed E-state index contributed by atoms with van der Waals surface area (Å²) >= 11 is 4.69. The van der Waals surface area contributed by atoms with E-state index in [0.29, 0.717) is 28.0 Å². The number of hydrazone groups is 1. The predicted octanol–water partition coefficient (Wildman–Crippen LogP) is 4.54. The Morgan fingerprint density at radius 1 is 1.19 bits per heavy atom. The van der Waals surface area contributed by atoms with Crippen molar-refractivity contribution < 1.29 is 19.4 Å². The van der Waals surface area contributed by atoms with E-state index in [0.717, 1.165) is 4.88 Å². The molecule has 1 aromatic heterocycles. The number of phenolic OH excluding ortho intramolecular Hbond substituents is 1. The van der Waals surface area contributed by atoms with Gasteiger partial charge in [0.25, 0.3) is 11.8 Å². The number of nitrogens with zero attached hydrogens (tertiary/aromatic N) is 1. The lowest BCUT2D eigenvalue weighted by Crippen LogP contribution is -2.32. The number of benzene rings is 2. The smallest absolute Gasteiger partial charge is 0.287 e. The van der Waals surface area contributed by atoms with Crippen molar-refractivity contribution in [1.82, 2.24) is 10.7 Å². The van der Waals surface area contributed by atoms with Gasteiger partial charge in [0.15, 0.2) is 11.5 Å². The average molecular weight is 514 g/mol. The maximum Gasteiger partial charge on any atom is 0.287 e. The van der Waals surface area contributed by atoms with E-state index >= 15 is 0 Å². The van der Waals surface area contributed by atoms with E-state index in [2.05, 4.69) is 31.8 Å². The Balaban J connectivity index is 1.76. The highest BCUT2D eigenvalue weighted by Crippen LogP contribution is 2.35. The topological polar surface area (TPSA) is 100 Å². The molecule has 0 aliphatic rings. The van der Waals surface area contributed by atoms with Crippen molar-refractivity contribution in [3.8, 4) is 11.5 Å². The van der Waals surface area contributed by atoms with Crippen LogP contribution >= 0.6 is 27.3 Å². The Morgan fingerprint density at radius 3 is 2.66 bits per heavy atom. The van der Waals surface area contributed by atoms with Crippen molar-refractivity contribution in [2.45, 2.75) is 6.92 Å². The summed E-state index contributed by atoms with van der Waals surface area (Å²) in [6, 6.07) is 15.5. The van der Waals surface area contributed by atoms with Gasteiger partial charge < -0.3 is 15.2 Å². The van der Waals surface area contributed by atoms with Crippen LogP contribution in [0.1, 0.15) is 27.7 Å². The van der Waals surface area contributed by atoms with Gasteiger partial charge in [0.2, 0.25) is 0 Å². The van der Waals surface area contributed by atoms with E-state index < -0.39 is 11.8 Å². The molecule has 0 atom stereocenters. The van der Waals surface area contributed by atoms with Gasteiger partial charge in [0, 0.05) is 10.4 Å². The Bertz CT molecular complexity index is 1150. The van der Waals surface area contributed by atoms with E-state index in [-0.39, 0.29) is 11.4 Å². The molecule has 32 heavy (non-hydrogen) atoms. The monoisotopic (exact) mass is 513 g/mol. The molecule has 0 bridgehead atoms. The first kappa shape index (κ1) is 23.2. The summed E-state index contributed by atoms with van der Waals surface area (Å²) in [6.07, 6.45) is 2.99. The largest absolute Gasteiger partial charge is 0.503 e. The number of carbonyl (C=O) groups excluding carboxylic acids is 2. The second kappa shape index (κ2) is 11.3. The van der Waals surface area contributed by atoms with Gasteiger partial charge in [-0.2, -0.15) is 5.10 Å². The third-order valence-corrected chi connectivity index (χ3v) is 5.51. The summed E-state index contributed by atoms with van der Waals surface area (Å²) in [4.78, 5) is 26.1. The Morgan fingerprint density at radius 2 is 1.97 bits per heavy atom. The molecule has 0 saturated carbocycles. The lowest BCUT2D eigenvalue weighted by atomic mass is 10.2. The highest BCUT2D eigenvalue weighted by molar-refractivity contribution is 9.10. The Hall–Kier alpha value is -3.43. The number of ether oxygens (including phenoxy) is 1. The molecule has 0 fully saturated rings. The first-order valence-corrected chi connectivity index (χ1v) is 11.3. The van der Waals surface area contributed by atoms with Crippen LogP contribution in [0.4, 0.5) is 0 Å². The van der Waals surface area contributed by atoms with Gasteiger partial charge in [-0.05, 0) is 70.2 Å². The molecule has 7 nitrogen and oxygen atoms in total. The van der Waals surface area contributed by atoms with Gasteiger partial charge in [-0.3, -0.25) is 9.59 Å². The number of rotatable bonds is 8. The van der Waals surface area contributed by atoms with E-state index in [9.17, 15) is 14.7 Å². The molecule has 3 rings (SSSR count). The molecule has 3 N–H and O–H groups in total. The summed E-state index contributed by atoms with van der Waals surface area (Å²) in [5.41, 5.74) is 3.50. The fourth-order valence-electron chi connectivity index (χ4n) is 2.62. The predicted molar refractivity (Wildman–Crippen MR) is 129 cm³/mol. The van der Waals surface area contributed by atoms with Crippen LogP contribution < -0.4 is 15.5 Å². The second-order valence-corrected chi connectivity index (χ2v) is 8.21. The molecule has 0 spiro atoms. The first-order chi connectivity index (χ1) is 15.5. The molecule has 164 valence electrons. The van der Waals surface area contributed by atoms with Crippen LogP contribution in [0.3, 0.4) is 0 Å². The van der Waals surface area contributed by atoms with Gasteiger partial charge in [-0.25, -0.2) is 5.43 Å². The first-order valence-electron chi connectivity index (χ1n) is 9.58. The quantitative estimate of drug-likeness (QED) is 0.234. The number of carbonyl (C=O) groups is 2. The summed E-state index contributed by atoms with van der Waals surface area (Å²) < 4.78 is 5.82. The van der Waals surface area contributed by atoms with Crippen LogP contribution in [0.5, 0.6) is 11.5 Å². The molecule has 3 aromatic rings. The molecular weight excluding hydrogens is 494 g/mol. The van der Waals surface area contributed by atoms with Crippen LogP contribution in [0.25, 0.3) is 6.08 Å².